The number of hydrogen-bond acceptors (Lipinski definition) is 1. The summed E-state index contributed by atoms with van der Waals surface area (Å²) in [5.41, 5.74) is 2.89. The zero-order valence-electron chi connectivity index (χ0n) is 12.6. The topological polar surface area (TPSA) is 17.1 Å². The molecule has 0 heterocycles. The summed E-state index contributed by atoms with van der Waals surface area (Å²) < 4.78 is 0. The zero-order chi connectivity index (χ0) is 14.7. The number of carbonyl (C=O) groups excluding carboxylic acids is 1. The third-order valence-corrected chi connectivity index (χ3v) is 4.75. The highest BCUT2D eigenvalue weighted by Crippen LogP contribution is 2.42. The Labute approximate surface area is 127 Å². The highest BCUT2D eigenvalue weighted by atomic mass is 16.1. The van der Waals surface area contributed by atoms with E-state index in [0.29, 0.717) is 5.78 Å². The summed E-state index contributed by atoms with van der Waals surface area (Å²) >= 11 is 0. The predicted octanol–water partition coefficient (Wildman–Crippen LogP) is 5.08. The van der Waals surface area contributed by atoms with Crippen LogP contribution in [0.5, 0.6) is 0 Å². The first kappa shape index (κ1) is 14.1. The van der Waals surface area contributed by atoms with E-state index in [2.05, 4.69) is 24.3 Å². The second kappa shape index (κ2) is 5.85. The van der Waals surface area contributed by atoms with E-state index < -0.39 is 0 Å². The Bertz CT molecular complexity index is 621. The highest BCUT2D eigenvalue weighted by Gasteiger charge is 2.41. The van der Waals surface area contributed by atoms with Gasteiger partial charge in [-0.2, -0.15) is 0 Å². The van der Waals surface area contributed by atoms with Crippen LogP contribution >= 0.6 is 0 Å². The van der Waals surface area contributed by atoms with E-state index in [4.69, 9.17) is 0 Å². The maximum absolute atomic E-state index is 13.3. The van der Waals surface area contributed by atoms with Crippen molar-refractivity contribution in [2.45, 2.75) is 44.4 Å². The molecular weight excluding hydrogens is 256 g/mol. The SMILES string of the molecule is Cc1cccc(C(=O)C2(c3ccccc3)CCCCC2)c1. The molecule has 0 aromatic heterocycles. The fraction of sp³-hybridized carbons (Fsp3) is 0.350. The molecule has 3 rings (SSSR count). The molecule has 1 aliphatic carbocycles. The molecule has 0 aliphatic heterocycles. The molecule has 1 heteroatoms. The van der Waals surface area contributed by atoms with Crippen molar-refractivity contribution >= 4 is 5.78 Å². The summed E-state index contributed by atoms with van der Waals surface area (Å²) in [6, 6.07) is 18.4. The molecule has 21 heavy (non-hydrogen) atoms. The van der Waals surface area contributed by atoms with Gasteiger partial charge in [-0.15, -0.1) is 0 Å². The van der Waals surface area contributed by atoms with Crippen LogP contribution in [-0.2, 0) is 5.41 Å². The van der Waals surface area contributed by atoms with E-state index in [1.807, 2.05) is 37.3 Å². The molecule has 2 aromatic rings. The number of aryl methyl sites for hydroxylation is 1. The molecule has 2 aromatic carbocycles. The Morgan fingerprint density at radius 1 is 0.905 bits per heavy atom. The molecule has 0 unspecified atom stereocenters. The molecule has 0 saturated heterocycles. The van der Waals surface area contributed by atoms with Crippen LogP contribution in [0.3, 0.4) is 0 Å². The summed E-state index contributed by atoms with van der Waals surface area (Å²) in [5.74, 6) is 0.303. The van der Waals surface area contributed by atoms with Gasteiger partial charge in [0.15, 0.2) is 5.78 Å². The van der Waals surface area contributed by atoms with Crippen LogP contribution in [0.2, 0.25) is 0 Å². The number of Topliss-reactive ketones (excluding diaryl/α,β-unsaturated/α-hetero) is 1. The molecule has 0 radical (unpaired) electrons. The van der Waals surface area contributed by atoms with Gasteiger partial charge in [0, 0.05) is 5.56 Å². The van der Waals surface area contributed by atoms with Crippen LogP contribution in [0.25, 0.3) is 0 Å². The standard InChI is InChI=1S/C20H22O/c1-16-9-8-10-17(15-16)19(21)20(13-6-3-7-14-20)18-11-4-2-5-12-18/h2,4-5,8-12,15H,3,6-7,13-14H2,1H3. The second-order valence-electron chi connectivity index (χ2n) is 6.21. The van der Waals surface area contributed by atoms with Gasteiger partial charge in [-0.1, -0.05) is 73.4 Å². The maximum Gasteiger partial charge on any atom is 0.173 e. The number of benzene rings is 2. The molecule has 0 atom stereocenters. The Morgan fingerprint density at radius 3 is 2.29 bits per heavy atom. The molecule has 1 nitrogen and oxygen atoms in total. The third-order valence-electron chi connectivity index (χ3n) is 4.75. The lowest BCUT2D eigenvalue weighted by molar-refractivity contribution is 0.0839. The van der Waals surface area contributed by atoms with Crippen LogP contribution in [-0.4, -0.2) is 5.78 Å². The largest absolute Gasteiger partial charge is 0.293 e. The van der Waals surface area contributed by atoms with Gasteiger partial charge >= 0.3 is 0 Å². The first-order chi connectivity index (χ1) is 10.2. The average Bonchev–Trinajstić information content (AvgIpc) is 2.55. The van der Waals surface area contributed by atoms with Crippen molar-refractivity contribution in [2.24, 2.45) is 0 Å². The van der Waals surface area contributed by atoms with E-state index in [1.54, 1.807) is 0 Å². The van der Waals surface area contributed by atoms with Crippen LogP contribution in [0, 0.1) is 6.92 Å². The van der Waals surface area contributed by atoms with Gasteiger partial charge in [0.25, 0.3) is 0 Å². The summed E-state index contributed by atoms with van der Waals surface area (Å²) in [7, 11) is 0. The Hall–Kier alpha value is -1.89. The lowest BCUT2D eigenvalue weighted by atomic mass is 9.65. The van der Waals surface area contributed by atoms with Crippen LogP contribution in [0.4, 0.5) is 0 Å². The molecular formula is C20H22O. The van der Waals surface area contributed by atoms with Crippen LogP contribution < -0.4 is 0 Å². The van der Waals surface area contributed by atoms with Gasteiger partial charge in [0.05, 0.1) is 5.41 Å². The summed E-state index contributed by atoms with van der Waals surface area (Å²) in [6.07, 6.45) is 5.49. The lowest BCUT2D eigenvalue weighted by Crippen LogP contribution is -2.38. The summed E-state index contributed by atoms with van der Waals surface area (Å²) in [4.78, 5) is 13.3. The highest BCUT2D eigenvalue weighted by molar-refractivity contribution is 6.04. The van der Waals surface area contributed by atoms with Gasteiger partial charge < -0.3 is 0 Å². The molecule has 1 fully saturated rings. The first-order valence-corrected chi connectivity index (χ1v) is 7.89. The fourth-order valence-electron chi connectivity index (χ4n) is 3.62. The molecule has 0 amide bonds. The van der Waals surface area contributed by atoms with Crippen LogP contribution in [0.15, 0.2) is 54.6 Å². The van der Waals surface area contributed by atoms with E-state index in [-0.39, 0.29) is 5.41 Å². The van der Waals surface area contributed by atoms with Gasteiger partial charge in [-0.3, -0.25) is 4.79 Å². The van der Waals surface area contributed by atoms with E-state index in [1.165, 1.54) is 12.0 Å². The molecule has 0 N–H and O–H groups in total. The molecule has 1 aliphatic rings. The smallest absolute Gasteiger partial charge is 0.173 e. The minimum atomic E-state index is -0.312. The van der Waals surface area contributed by atoms with Gasteiger partial charge in [-0.05, 0) is 31.4 Å². The minimum Gasteiger partial charge on any atom is -0.293 e. The number of ketones is 1. The normalized spacial score (nSPS) is 17.4. The van der Waals surface area contributed by atoms with Gasteiger partial charge in [-0.25, -0.2) is 0 Å². The Balaban J connectivity index is 2.06. The van der Waals surface area contributed by atoms with Crippen molar-refractivity contribution in [3.8, 4) is 0 Å². The maximum atomic E-state index is 13.3. The third kappa shape index (κ3) is 2.65. The van der Waals surface area contributed by atoms with Crippen molar-refractivity contribution in [3.63, 3.8) is 0 Å². The fourth-order valence-corrected chi connectivity index (χ4v) is 3.62. The number of carbonyl (C=O) groups is 1. The van der Waals surface area contributed by atoms with E-state index in [9.17, 15) is 4.79 Å². The number of hydrogen-bond donors (Lipinski definition) is 0. The van der Waals surface area contributed by atoms with Crippen molar-refractivity contribution < 1.29 is 4.79 Å². The minimum absolute atomic E-state index is 0.303. The van der Waals surface area contributed by atoms with Crippen LogP contribution in [0.1, 0.15) is 53.6 Å². The first-order valence-electron chi connectivity index (χ1n) is 7.89. The number of rotatable bonds is 3. The van der Waals surface area contributed by atoms with E-state index >= 15 is 0 Å². The molecule has 0 bridgehead atoms. The van der Waals surface area contributed by atoms with Crippen molar-refractivity contribution in [1.29, 1.82) is 0 Å². The quantitative estimate of drug-likeness (QED) is 0.715. The van der Waals surface area contributed by atoms with Crippen molar-refractivity contribution in [2.75, 3.05) is 0 Å². The monoisotopic (exact) mass is 278 g/mol. The Morgan fingerprint density at radius 2 is 1.62 bits per heavy atom. The summed E-state index contributed by atoms with van der Waals surface area (Å²) in [5, 5.41) is 0. The van der Waals surface area contributed by atoms with Crippen molar-refractivity contribution in [3.05, 3.63) is 71.3 Å². The molecule has 108 valence electrons. The predicted molar refractivity (Wildman–Crippen MR) is 86.7 cm³/mol. The Kier molecular flexibility index (Phi) is 3.92. The van der Waals surface area contributed by atoms with E-state index in [0.717, 1.165) is 36.8 Å². The summed E-state index contributed by atoms with van der Waals surface area (Å²) in [6.45, 7) is 2.05. The van der Waals surface area contributed by atoms with Crippen molar-refractivity contribution in [1.82, 2.24) is 0 Å². The van der Waals surface area contributed by atoms with Gasteiger partial charge in [0.2, 0.25) is 0 Å². The molecule has 1 saturated carbocycles. The zero-order valence-corrected chi connectivity index (χ0v) is 12.6. The lowest BCUT2D eigenvalue weighted by Gasteiger charge is -2.36. The second-order valence-corrected chi connectivity index (χ2v) is 6.21. The average molecular weight is 278 g/mol. The van der Waals surface area contributed by atoms with Gasteiger partial charge in [0.1, 0.15) is 0 Å². The molecule has 0 spiro atoms.